The van der Waals surface area contributed by atoms with Gasteiger partial charge in [-0.15, -0.1) is 0 Å². The molecule has 7 nitrogen and oxygen atoms in total. The number of carbonyl (C=O) groups is 3. The van der Waals surface area contributed by atoms with E-state index in [-0.39, 0.29) is 24.1 Å². The van der Waals surface area contributed by atoms with Gasteiger partial charge in [-0.2, -0.15) is 0 Å². The third-order valence-electron chi connectivity index (χ3n) is 9.22. The summed E-state index contributed by atoms with van der Waals surface area (Å²) in [6.07, 6.45) is 4.49. The Bertz CT molecular complexity index is 1020. The molecule has 7 heteroatoms. The Morgan fingerprint density at radius 2 is 1.89 bits per heavy atom. The quantitative estimate of drug-likeness (QED) is 0.320. The van der Waals surface area contributed by atoms with Gasteiger partial charge in [0.05, 0.1) is 18.1 Å². The number of hydrogen-bond donors (Lipinski definition) is 2. The van der Waals surface area contributed by atoms with Crippen LogP contribution in [0.2, 0.25) is 0 Å². The molecule has 0 amide bonds. The zero-order valence-corrected chi connectivity index (χ0v) is 22.9. The zero-order chi connectivity index (χ0) is 27.2. The van der Waals surface area contributed by atoms with Crippen LogP contribution >= 0.6 is 0 Å². The molecule has 3 aliphatic carbocycles. The van der Waals surface area contributed by atoms with E-state index in [0.29, 0.717) is 29.6 Å². The van der Waals surface area contributed by atoms with Gasteiger partial charge in [0.2, 0.25) is 0 Å². The van der Waals surface area contributed by atoms with Crippen molar-refractivity contribution in [1.29, 1.82) is 0 Å². The minimum absolute atomic E-state index is 0.108. The number of hydrogen-bond acceptors (Lipinski definition) is 7. The predicted molar refractivity (Wildman–Crippen MR) is 136 cm³/mol. The summed E-state index contributed by atoms with van der Waals surface area (Å²) in [5.41, 5.74) is -1.54. The van der Waals surface area contributed by atoms with Crippen LogP contribution in [0.1, 0.15) is 74.7 Å². The maximum absolute atomic E-state index is 14.6. The number of aliphatic hydroxyl groups is 2. The molecule has 0 aromatic rings. The first kappa shape index (κ1) is 28.3. The van der Waals surface area contributed by atoms with Gasteiger partial charge < -0.3 is 19.7 Å². The van der Waals surface area contributed by atoms with Crippen LogP contribution in [0.4, 0.5) is 0 Å². The highest BCUT2D eigenvalue weighted by Gasteiger charge is 2.68. The molecule has 0 saturated heterocycles. The van der Waals surface area contributed by atoms with Gasteiger partial charge in [0.1, 0.15) is 11.7 Å². The fourth-order valence-electron chi connectivity index (χ4n) is 6.55. The average molecular weight is 503 g/mol. The average Bonchev–Trinajstić information content (AvgIpc) is 3.03. The fraction of sp³-hybridized carbons (Fsp3) is 0.690. The van der Waals surface area contributed by atoms with Crippen LogP contribution < -0.4 is 0 Å². The molecule has 2 bridgehead atoms. The van der Waals surface area contributed by atoms with Crippen LogP contribution in [-0.2, 0) is 23.9 Å². The van der Waals surface area contributed by atoms with Crippen LogP contribution in [0, 0.1) is 28.6 Å². The molecule has 0 heterocycles. The van der Waals surface area contributed by atoms with Crippen molar-refractivity contribution in [3.8, 4) is 0 Å². The summed E-state index contributed by atoms with van der Waals surface area (Å²) in [5, 5.41) is 21.9. The minimum Gasteiger partial charge on any atom is -0.459 e. The number of ketones is 1. The van der Waals surface area contributed by atoms with E-state index >= 15 is 0 Å². The number of fused-ring (bicyclic) bond motifs is 1. The molecule has 0 radical (unpaired) electrons. The Kier molecular flexibility index (Phi) is 7.79. The summed E-state index contributed by atoms with van der Waals surface area (Å²) in [7, 11) is 0. The molecule has 3 unspecified atom stereocenters. The summed E-state index contributed by atoms with van der Waals surface area (Å²) in [6.45, 7) is 14.3. The Labute approximate surface area is 214 Å². The molecule has 3 rings (SSSR count). The lowest BCUT2D eigenvalue weighted by Gasteiger charge is -2.46. The molecule has 1 saturated carbocycles. The molecule has 200 valence electrons. The van der Waals surface area contributed by atoms with E-state index in [0.717, 1.165) is 0 Å². The molecule has 1 fully saturated rings. The molecule has 3 aliphatic rings. The normalized spacial score (nSPS) is 37.8. The zero-order valence-electron chi connectivity index (χ0n) is 22.9. The van der Waals surface area contributed by atoms with E-state index in [9.17, 15) is 24.6 Å². The van der Waals surface area contributed by atoms with Crippen LogP contribution in [0.25, 0.3) is 0 Å². The molecule has 0 aliphatic heterocycles. The van der Waals surface area contributed by atoms with Crippen molar-refractivity contribution in [2.45, 2.75) is 92.5 Å². The first-order chi connectivity index (χ1) is 16.7. The number of rotatable bonds is 6. The van der Waals surface area contributed by atoms with Crippen molar-refractivity contribution >= 4 is 17.7 Å². The lowest BCUT2D eigenvalue weighted by Crippen LogP contribution is -2.50. The molecule has 1 spiro atoms. The van der Waals surface area contributed by atoms with Gasteiger partial charge in [-0.05, 0) is 57.6 Å². The van der Waals surface area contributed by atoms with Crippen LogP contribution in [0.5, 0.6) is 0 Å². The smallest absolute Gasteiger partial charge is 0.333 e. The van der Waals surface area contributed by atoms with E-state index in [1.54, 1.807) is 26.0 Å². The van der Waals surface area contributed by atoms with Crippen LogP contribution in [0.3, 0.4) is 0 Å². The predicted octanol–water partition coefficient (Wildman–Crippen LogP) is 4.07. The SMILES string of the molecule is C/C=C(/C)C(=O)O[C@H]1C(C)=CC23C(=O)C(C=C(CO)C(O)[C@H]12)C(C)(C)[C@](C)(OC(=O)CCC)C[C@H]3C. The van der Waals surface area contributed by atoms with E-state index in [1.165, 1.54) is 0 Å². The minimum atomic E-state index is -1.19. The van der Waals surface area contributed by atoms with Gasteiger partial charge in [0.15, 0.2) is 5.78 Å². The van der Waals surface area contributed by atoms with E-state index in [1.807, 2.05) is 47.6 Å². The van der Waals surface area contributed by atoms with E-state index in [2.05, 4.69) is 0 Å². The number of carbonyl (C=O) groups excluding carboxylic acids is 3. The highest BCUT2D eigenvalue weighted by Crippen LogP contribution is 2.62. The van der Waals surface area contributed by atoms with Crippen molar-refractivity contribution in [1.82, 2.24) is 0 Å². The molecular formula is C29H42O7. The second-order valence-corrected chi connectivity index (χ2v) is 11.6. The maximum atomic E-state index is 14.6. The lowest BCUT2D eigenvalue weighted by molar-refractivity contribution is -0.178. The topological polar surface area (TPSA) is 110 Å². The van der Waals surface area contributed by atoms with Gasteiger partial charge in [-0.1, -0.05) is 45.9 Å². The monoisotopic (exact) mass is 502 g/mol. The first-order valence-electron chi connectivity index (χ1n) is 13.0. The number of esters is 2. The highest BCUT2D eigenvalue weighted by atomic mass is 16.6. The van der Waals surface area contributed by atoms with E-state index in [4.69, 9.17) is 9.47 Å². The molecule has 36 heavy (non-hydrogen) atoms. The molecule has 7 atom stereocenters. The van der Waals surface area contributed by atoms with Crippen molar-refractivity contribution in [2.75, 3.05) is 6.61 Å². The second-order valence-electron chi connectivity index (χ2n) is 11.6. The van der Waals surface area contributed by atoms with Crippen molar-refractivity contribution in [3.63, 3.8) is 0 Å². The summed E-state index contributed by atoms with van der Waals surface area (Å²) in [5.74, 6) is -2.82. The van der Waals surface area contributed by atoms with E-state index < -0.39 is 53.1 Å². The van der Waals surface area contributed by atoms with Crippen molar-refractivity contribution < 1.29 is 34.1 Å². The van der Waals surface area contributed by atoms with Crippen molar-refractivity contribution in [2.24, 2.45) is 28.6 Å². The highest BCUT2D eigenvalue weighted by molar-refractivity contribution is 5.94. The third-order valence-corrected chi connectivity index (χ3v) is 9.22. The first-order valence-corrected chi connectivity index (χ1v) is 13.0. The van der Waals surface area contributed by atoms with Gasteiger partial charge in [0, 0.05) is 29.2 Å². The Morgan fingerprint density at radius 3 is 2.44 bits per heavy atom. The Hall–Kier alpha value is -2.25. The second kappa shape index (κ2) is 9.90. The van der Waals surface area contributed by atoms with Crippen molar-refractivity contribution in [3.05, 3.63) is 34.9 Å². The number of allylic oxidation sites excluding steroid dienone is 3. The molecular weight excluding hydrogens is 460 g/mol. The summed E-state index contributed by atoms with van der Waals surface area (Å²) < 4.78 is 12.0. The van der Waals surface area contributed by atoms with Crippen LogP contribution in [0.15, 0.2) is 34.9 Å². The van der Waals surface area contributed by atoms with Gasteiger partial charge in [-0.25, -0.2) is 4.79 Å². The number of ether oxygens (including phenoxy) is 2. The van der Waals surface area contributed by atoms with Gasteiger partial charge in [-0.3, -0.25) is 9.59 Å². The number of Topliss-reactive ketones (excluding diaryl/α,β-unsaturated/α-hetero) is 1. The number of aliphatic hydroxyl groups excluding tert-OH is 2. The summed E-state index contributed by atoms with van der Waals surface area (Å²) in [6, 6.07) is 0. The fourth-order valence-corrected chi connectivity index (χ4v) is 6.55. The molecule has 0 aromatic heterocycles. The van der Waals surface area contributed by atoms with Gasteiger partial charge in [0.25, 0.3) is 0 Å². The summed E-state index contributed by atoms with van der Waals surface area (Å²) >= 11 is 0. The van der Waals surface area contributed by atoms with Crippen LogP contribution in [-0.4, -0.2) is 52.4 Å². The van der Waals surface area contributed by atoms with Gasteiger partial charge >= 0.3 is 11.9 Å². The Morgan fingerprint density at radius 1 is 1.25 bits per heavy atom. The standard InChI is InChI=1S/C29H42O7/c1-9-11-21(31)36-28(8)14-18(5)29-13-17(4)24(35-26(34)16(3)10-2)22(29)23(32)19(15-30)12-20(25(29)33)27(28,6)7/h10,12-13,18,20,22-24,30,32H,9,11,14-15H2,1-8H3/b16-10-/t18-,20?,22-,23?,24+,28-,29?/m1/s1. The third kappa shape index (κ3) is 4.18. The maximum Gasteiger partial charge on any atom is 0.333 e. The summed E-state index contributed by atoms with van der Waals surface area (Å²) in [4.78, 5) is 40.1. The largest absolute Gasteiger partial charge is 0.459 e. The molecule has 0 aromatic carbocycles. The lowest BCUT2D eigenvalue weighted by atomic mass is 9.62. The Balaban J connectivity index is 2.23. The molecule has 2 N–H and O–H groups in total.